The minimum atomic E-state index is -0.727. The number of piperidine rings is 1. The van der Waals surface area contributed by atoms with Gasteiger partial charge in [-0.05, 0) is 97.9 Å². The molecule has 1 aliphatic carbocycles. The van der Waals surface area contributed by atoms with E-state index in [0.717, 1.165) is 64.1 Å². The lowest BCUT2D eigenvalue weighted by atomic mass is 9.74. The predicted octanol–water partition coefficient (Wildman–Crippen LogP) is 7.21. The van der Waals surface area contributed by atoms with Crippen LogP contribution in [0, 0.1) is 24.5 Å². The Morgan fingerprint density at radius 2 is 1.75 bits per heavy atom. The lowest BCUT2D eigenvalue weighted by Gasteiger charge is -2.42. The molecule has 3 unspecified atom stereocenters. The second kappa shape index (κ2) is 14.7. The van der Waals surface area contributed by atoms with Crippen LogP contribution in [0.25, 0.3) is 5.57 Å². The first-order valence-electron chi connectivity index (χ1n) is 16.5. The number of carbonyl (C=O) groups is 2. The van der Waals surface area contributed by atoms with Crippen LogP contribution in [0.5, 0.6) is 11.5 Å². The largest absolute Gasteiger partial charge is 0.496 e. The average molecular weight is 679 g/mol. The standard InChI is InChI=1S/C38H41ClF2N2O5/c1-22-25(7-4-8-33(22)46-2)21-43(28-13-14-28)37(44)34-29(20-27-18-26(38(45)47-3)19-32(34)42-27)24-11-9-23(10-12-24)6-5-17-48-36-31(41)16-15-30(40)35(36)39/h4,7-12,15-16,26-28,32,42H,5-6,13-14,17-21H2,1-3H3. The lowest BCUT2D eigenvalue weighted by molar-refractivity contribution is -0.147. The summed E-state index contributed by atoms with van der Waals surface area (Å²) in [6.07, 6.45) is 4.91. The molecule has 254 valence electrons. The highest BCUT2D eigenvalue weighted by Gasteiger charge is 2.44. The van der Waals surface area contributed by atoms with Crippen LogP contribution in [0.15, 0.2) is 60.2 Å². The molecule has 7 nitrogen and oxygen atoms in total. The Labute approximate surface area is 285 Å². The summed E-state index contributed by atoms with van der Waals surface area (Å²) in [7, 11) is 3.07. The third-order valence-corrected chi connectivity index (χ3v) is 10.1. The van der Waals surface area contributed by atoms with Gasteiger partial charge in [0.05, 0.1) is 26.7 Å². The van der Waals surface area contributed by atoms with Crippen LogP contribution in [0.4, 0.5) is 8.78 Å². The maximum absolute atomic E-state index is 14.7. The molecule has 2 heterocycles. The summed E-state index contributed by atoms with van der Waals surface area (Å²) in [4.78, 5) is 29.4. The molecule has 48 heavy (non-hydrogen) atoms. The molecular formula is C38H41ClF2N2O5. The molecule has 0 radical (unpaired) electrons. The van der Waals surface area contributed by atoms with E-state index >= 15 is 0 Å². The van der Waals surface area contributed by atoms with Gasteiger partial charge < -0.3 is 24.4 Å². The Morgan fingerprint density at radius 1 is 1.00 bits per heavy atom. The maximum Gasteiger partial charge on any atom is 0.308 e. The van der Waals surface area contributed by atoms with E-state index in [0.29, 0.717) is 38.6 Å². The van der Waals surface area contributed by atoms with E-state index in [9.17, 15) is 18.4 Å². The van der Waals surface area contributed by atoms with E-state index in [4.69, 9.17) is 25.8 Å². The molecule has 3 atom stereocenters. The van der Waals surface area contributed by atoms with Crippen LogP contribution in [-0.2, 0) is 27.3 Å². The van der Waals surface area contributed by atoms with E-state index in [1.807, 2.05) is 42.2 Å². The highest BCUT2D eigenvalue weighted by molar-refractivity contribution is 6.32. The number of hydrogen-bond acceptors (Lipinski definition) is 6. The van der Waals surface area contributed by atoms with E-state index < -0.39 is 11.6 Å². The molecule has 3 aromatic carbocycles. The topological polar surface area (TPSA) is 77.1 Å². The fourth-order valence-corrected chi connectivity index (χ4v) is 7.28. The zero-order chi connectivity index (χ0) is 33.9. The normalized spacial score (nSPS) is 20.3. The lowest BCUT2D eigenvalue weighted by Crippen LogP contribution is -2.54. The highest BCUT2D eigenvalue weighted by atomic mass is 35.5. The summed E-state index contributed by atoms with van der Waals surface area (Å²) in [5.74, 6) is -1.41. The maximum atomic E-state index is 14.7. The quantitative estimate of drug-likeness (QED) is 0.124. The number of amides is 1. The summed E-state index contributed by atoms with van der Waals surface area (Å²) in [5, 5.41) is 3.30. The fourth-order valence-electron chi connectivity index (χ4n) is 7.07. The minimum absolute atomic E-state index is 0.000604. The SMILES string of the molecule is COC(=O)C1CC2CC(c3ccc(CCCOc4c(F)ccc(F)c4Cl)cc3)=C(C(=O)N(Cc3cccc(OC)c3C)C3CC3)C(C1)N2. The Balaban J connectivity index is 1.25. The van der Waals surface area contributed by atoms with Crippen LogP contribution >= 0.6 is 11.6 Å². The van der Waals surface area contributed by atoms with Gasteiger partial charge in [-0.1, -0.05) is 48.0 Å². The third-order valence-electron chi connectivity index (χ3n) is 9.78. The molecule has 1 amide bonds. The fraction of sp³-hybridized carbons (Fsp3) is 0.421. The van der Waals surface area contributed by atoms with Gasteiger partial charge in [-0.15, -0.1) is 0 Å². The van der Waals surface area contributed by atoms with Crippen LogP contribution in [0.2, 0.25) is 5.02 Å². The van der Waals surface area contributed by atoms with Crippen molar-refractivity contribution >= 4 is 29.1 Å². The zero-order valence-electron chi connectivity index (χ0n) is 27.5. The van der Waals surface area contributed by atoms with Gasteiger partial charge in [-0.25, -0.2) is 8.78 Å². The Bertz CT molecular complexity index is 1710. The number of nitrogens with zero attached hydrogens (tertiary/aromatic N) is 1. The molecule has 1 N–H and O–H groups in total. The summed E-state index contributed by atoms with van der Waals surface area (Å²) in [6.45, 7) is 2.67. The summed E-state index contributed by atoms with van der Waals surface area (Å²) < 4.78 is 44.0. The second-order valence-electron chi connectivity index (χ2n) is 12.9. The van der Waals surface area contributed by atoms with Crippen molar-refractivity contribution in [3.63, 3.8) is 0 Å². The number of benzene rings is 3. The number of fused-ring (bicyclic) bond motifs is 2. The number of carbonyl (C=O) groups excluding carboxylic acids is 2. The molecule has 1 saturated carbocycles. The third kappa shape index (κ3) is 7.22. The number of hydrogen-bond donors (Lipinski definition) is 1. The number of halogens is 3. The van der Waals surface area contributed by atoms with Gasteiger partial charge in [0.15, 0.2) is 11.6 Å². The number of rotatable bonds is 12. The molecule has 2 aliphatic heterocycles. The number of nitrogens with one attached hydrogen (secondary N) is 1. The Kier molecular flexibility index (Phi) is 10.4. The molecule has 1 saturated heterocycles. The van der Waals surface area contributed by atoms with Crippen LogP contribution < -0.4 is 14.8 Å². The van der Waals surface area contributed by atoms with Crippen LogP contribution in [-0.4, -0.2) is 55.7 Å². The van der Waals surface area contributed by atoms with Crippen molar-refractivity contribution in [2.75, 3.05) is 20.8 Å². The molecular weight excluding hydrogens is 638 g/mol. The molecule has 3 aromatic rings. The molecule has 10 heteroatoms. The molecule has 6 rings (SSSR count). The monoisotopic (exact) mass is 678 g/mol. The summed E-state index contributed by atoms with van der Waals surface area (Å²) in [6, 6.07) is 16.0. The van der Waals surface area contributed by atoms with Crippen molar-refractivity contribution < 1.29 is 32.6 Å². The van der Waals surface area contributed by atoms with Gasteiger partial charge in [0, 0.05) is 30.2 Å². The van der Waals surface area contributed by atoms with Crippen molar-refractivity contribution in [1.82, 2.24) is 10.2 Å². The van der Waals surface area contributed by atoms with Gasteiger partial charge in [0.1, 0.15) is 16.6 Å². The van der Waals surface area contributed by atoms with Gasteiger partial charge in [0.2, 0.25) is 0 Å². The van der Waals surface area contributed by atoms with Gasteiger partial charge in [0.25, 0.3) is 5.91 Å². The van der Waals surface area contributed by atoms with Crippen molar-refractivity contribution in [2.24, 2.45) is 5.92 Å². The molecule has 2 bridgehead atoms. The summed E-state index contributed by atoms with van der Waals surface area (Å²) >= 11 is 5.88. The second-order valence-corrected chi connectivity index (χ2v) is 13.3. The summed E-state index contributed by atoms with van der Waals surface area (Å²) in [5.41, 5.74) is 5.83. The van der Waals surface area contributed by atoms with E-state index in [1.165, 1.54) is 7.11 Å². The number of aryl methyl sites for hydroxylation is 1. The number of ether oxygens (including phenoxy) is 3. The van der Waals surface area contributed by atoms with E-state index in [2.05, 4.69) is 17.4 Å². The minimum Gasteiger partial charge on any atom is -0.496 e. The first kappa shape index (κ1) is 33.9. The van der Waals surface area contributed by atoms with Crippen LogP contribution in [0.1, 0.15) is 60.8 Å². The van der Waals surface area contributed by atoms with Crippen molar-refractivity contribution in [3.05, 3.63) is 99.1 Å². The molecule has 0 spiro atoms. The van der Waals surface area contributed by atoms with Crippen molar-refractivity contribution in [1.29, 1.82) is 0 Å². The van der Waals surface area contributed by atoms with Gasteiger partial charge in [-0.2, -0.15) is 0 Å². The first-order valence-corrected chi connectivity index (χ1v) is 16.9. The highest BCUT2D eigenvalue weighted by Crippen LogP contribution is 2.41. The average Bonchev–Trinajstić information content (AvgIpc) is 3.94. The van der Waals surface area contributed by atoms with Gasteiger partial charge >= 0.3 is 5.97 Å². The van der Waals surface area contributed by atoms with Crippen molar-refractivity contribution in [3.8, 4) is 11.5 Å². The zero-order valence-corrected chi connectivity index (χ0v) is 28.2. The molecule has 0 aromatic heterocycles. The van der Waals surface area contributed by atoms with E-state index in [-0.39, 0.29) is 53.3 Å². The first-order chi connectivity index (χ1) is 23.2. The van der Waals surface area contributed by atoms with Crippen LogP contribution in [0.3, 0.4) is 0 Å². The predicted molar refractivity (Wildman–Crippen MR) is 180 cm³/mol. The van der Waals surface area contributed by atoms with Gasteiger partial charge in [-0.3, -0.25) is 9.59 Å². The smallest absolute Gasteiger partial charge is 0.308 e. The number of methoxy groups -OCH3 is 2. The van der Waals surface area contributed by atoms with E-state index in [1.54, 1.807) is 7.11 Å². The molecule has 2 fully saturated rings. The number of esters is 1. The molecule has 3 aliphatic rings. The Morgan fingerprint density at radius 3 is 2.46 bits per heavy atom. The van der Waals surface area contributed by atoms with Crippen molar-refractivity contribution in [2.45, 2.75) is 76.5 Å². The Hall–Kier alpha value is -3.95.